The van der Waals surface area contributed by atoms with Crippen molar-refractivity contribution in [2.75, 3.05) is 30.8 Å². The molecule has 0 saturated carbocycles. The number of nitrogens with one attached hydrogen (secondary N) is 2. The molecule has 9 heteroatoms. The van der Waals surface area contributed by atoms with Crippen LogP contribution in [0.25, 0.3) is 0 Å². The van der Waals surface area contributed by atoms with Gasteiger partial charge in [-0.1, -0.05) is 24.1 Å². The minimum Gasteiger partial charge on any atom is -0.495 e. The third kappa shape index (κ3) is 5.31. The van der Waals surface area contributed by atoms with Crippen molar-refractivity contribution in [1.29, 1.82) is 0 Å². The first-order chi connectivity index (χ1) is 14.7. The van der Waals surface area contributed by atoms with Crippen LogP contribution in [-0.4, -0.2) is 44.9 Å². The van der Waals surface area contributed by atoms with Gasteiger partial charge in [-0.05, 0) is 62.6 Å². The largest absolute Gasteiger partial charge is 0.495 e. The van der Waals surface area contributed by atoms with Crippen molar-refractivity contribution in [2.24, 2.45) is 0 Å². The predicted octanol–water partition coefficient (Wildman–Crippen LogP) is 4.27. The first-order valence-electron chi connectivity index (χ1n) is 10.2. The molecule has 1 saturated heterocycles. The van der Waals surface area contributed by atoms with Crippen molar-refractivity contribution in [3.05, 3.63) is 47.0 Å². The van der Waals surface area contributed by atoms with Gasteiger partial charge in [-0.2, -0.15) is 4.31 Å². The van der Waals surface area contributed by atoms with Crippen molar-refractivity contribution >= 4 is 38.9 Å². The summed E-state index contributed by atoms with van der Waals surface area (Å²) in [5.74, 6) is 0.0180. The molecule has 2 aromatic carbocycles. The molecule has 0 bridgehead atoms. The van der Waals surface area contributed by atoms with E-state index in [-0.39, 0.29) is 16.6 Å². The van der Waals surface area contributed by atoms with E-state index in [0.29, 0.717) is 29.5 Å². The van der Waals surface area contributed by atoms with Crippen LogP contribution in [0.15, 0.2) is 41.3 Å². The van der Waals surface area contributed by atoms with Crippen LogP contribution < -0.4 is 15.4 Å². The summed E-state index contributed by atoms with van der Waals surface area (Å²) in [4.78, 5) is 12.8. The molecule has 31 heavy (non-hydrogen) atoms. The lowest BCUT2D eigenvalue weighted by molar-refractivity contribution is -0.116. The number of anilines is 2. The maximum absolute atomic E-state index is 13.2. The highest BCUT2D eigenvalue weighted by Gasteiger charge is 2.29. The van der Waals surface area contributed by atoms with E-state index in [2.05, 4.69) is 10.6 Å². The molecular weight excluding hydrogens is 438 g/mol. The maximum atomic E-state index is 13.2. The van der Waals surface area contributed by atoms with Crippen LogP contribution in [0.5, 0.6) is 5.75 Å². The first-order valence-corrected chi connectivity index (χ1v) is 12.1. The summed E-state index contributed by atoms with van der Waals surface area (Å²) in [6.45, 7) is 4.54. The van der Waals surface area contributed by atoms with Gasteiger partial charge in [0.25, 0.3) is 0 Å². The van der Waals surface area contributed by atoms with Crippen LogP contribution >= 0.6 is 11.6 Å². The van der Waals surface area contributed by atoms with Gasteiger partial charge >= 0.3 is 0 Å². The molecule has 1 fully saturated rings. The van der Waals surface area contributed by atoms with Crippen molar-refractivity contribution in [2.45, 2.75) is 44.0 Å². The Morgan fingerprint density at radius 3 is 2.55 bits per heavy atom. The van der Waals surface area contributed by atoms with Gasteiger partial charge in [0.15, 0.2) is 0 Å². The fourth-order valence-electron chi connectivity index (χ4n) is 3.51. The normalized spacial score (nSPS) is 15.9. The molecule has 0 aliphatic carbocycles. The van der Waals surface area contributed by atoms with Gasteiger partial charge in [0.05, 0.1) is 7.11 Å². The molecular formula is C22H28ClN3O4S. The molecule has 7 nitrogen and oxygen atoms in total. The zero-order valence-electron chi connectivity index (χ0n) is 17.9. The highest BCUT2D eigenvalue weighted by molar-refractivity contribution is 7.89. The number of amides is 1. The third-order valence-electron chi connectivity index (χ3n) is 5.40. The van der Waals surface area contributed by atoms with Crippen LogP contribution in [0.4, 0.5) is 11.4 Å². The van der Waals surface area contributed by atoms with Crippen molar-refractivity contribution in [3.63, 3.8) is 0 Å². The van der Waals surface area contributed by atoms with Gasteiger partial charge < -0.3 is 15.4 Å². The minimum atomic E-state index is -3.69. The van der Waals surface area contributed by atoms with E-state index in [9.17, 15) is 13.2 Å². The Balaban J connectivity index is 1.79. The summed E-state index contributed by atoms with van der Waals surface area (Å²) < 4.78 is 33.2. The van der Waals surface area contributed by atoms with E-state index in [1.54, 1.807) is 37.3 Å². The lowest BCUT2D eigenvalue weighted by atomic mass is 10.2. The van der Waals surface area contributed by atoms with E-state index in [0.717, 1.165) is 24.8 Å². The van der Waals surface area contributed by atoms with Gasteiger partial charge in [0.2, 0.25) is 15.9 Å². The summed E-state index contributed by atoms with van der Waals surface area (Å²) in [7, 11) is -2.24. The zero-order valence-corrected chi connectivity index (χ0v) is 19.5. The number of halogens is 1. The number of sulfonamides is 1. The standard InChI is InChI=1S/C22H28ClN3O4S/c1-15-18(23)8-7-9-19(15)25-22(27)16(2)24-17-10-11-20(30-3)21(14-17)31(28,29)26-12-5-4-6-13-26/h7-11,14,16,24H,4-6,12-13H2,1-3H3,(H,25,27). The van der Waals surface area contributed by atoms with Crippen molar-refractivity contribution < 1.29 is 17.9 Å². The number of carbonyl (C=O) groups is 1. The molecule has 2 aromatic rings. The second-order valence-electron chi connectivity index (χ2n) is 7.60. The van der Waals surface area contributed by atoms with E-state index in [1.807, 2.05) is 6.92 Å². The SMILES string of the molecule is COc1ccc(NC(C)C(=O)Nc2cccc(Cl)c2C)cc1S(=O)(=O)N1CCCCC1. The second-order valence-corrected chi connectivity index (χ2v) is 9.91. The molecule has 1 heterocycles. The summed E-state index contributed by atoms with van der Waals surface area (Å²) >= 11 is 6.12. The third-order valence-corrected chi connectivity index (χ3v) is 7.73. The number of benzene rings is 2. The average molecular weight is 466 g/mol. The molecule has 0 radical (unpaired) electrons. The Bertz CT molecular complexity index is 1050. The maximum Gasteiger partial charge on any atom is 0.246 e. The number of ether oxygens (including phenoxy) is 1. The topological polar surface area (TPSA) is 87.7 Å². The van der Waals surface area contributed by atoms with Gasteiger partial charge in [0.1, 0.15) is 16.7 Å². The molecule has 1 unspecified atom stereocenters. The van der Waals surface area contributed by atoms with E-state index in [4.69, 9.17) is 16.3 Å². The summed E-state index contributed by atoms with van der Waals surface area (Å²) in [5.41, 5.74) is 1.93. The van der Waals surface area contributed by atoms with Crippen LogP contribution in [0.1, 0.15) is 31.7 Å². The zero-order chi connectivity index (χ0) is 22.6. The smallest absolute Gasteiger partial charge is 0.246 e. The van der Waals surface area contributed by atoms with Crippen molar-refractivity contribution in [3.8, 4) is 5.75 Å². The second kappa shape index (κ2) is 9.89. The number of methoxy groups -OCH3 is 1. The molecule has 1 aliphatic heterocycles. The molecule has 0 spiro atoms. The Morgan fingerprint density at radius 2 is 1.87 bits per heavy atom. The number of piperidine rings is 1. The van der Waals surface area contributed by atoms with Crippen LogP contribution in [0.3, 0.4) is 0 Å². The molecule has 0 aromatic heterocycles. The average Bonchev–Trinajstić information content (AvgIpc) is 2.77. The molecule has 2 N–H and O–H groups in total. The van der Waals surface area contributed by atoms with E-state index < -0.39 is 16.1 Å². The van der Waals surface area contributed by atoms with Gasteiger partial charge in [-0.25, -0.2) is 8.42 Å². The van der Waals surface area contributed by atoms with Gasteiger partial charge in [0, 0.05) is 29.5 Å². The number of nitrogens with zero attached hydrogens (tertiary/aromatic N) is 1. The lowest BCUT2D eigenvalue weighted by Gasteiger charge is -2.27. The van der Waals surface area contributed by atoms with Crippen molar-refractivity contribution in [1.82, 2.24) is 4.31 Å². The quantitative estimate of drug-likeness (QED) is 0.637. The van der Waals surface area contributed by atoms with Gasteiger partial charge in [-0.15, -0.1) is 0 Å². The monoisotopic (exact) mass is 465 g/mol. The molecule has 1 aliphatic rings. The Morgan fingerprint density at radius 1 is 1.16 bits per heavy atom. The first kappa shape index (κ1) is 23.4. The molecule has 1 amide bonds. The lowest BCUT2D eigenvalue weighted by Crippen LogP contribution is -2.36. The number of hydrogen-bond acceptors (Lipinski definition) is 5. The van der Waals surface area contributed by atoms with Gasteiger partial charge in [-0.3, -0.25) is 4.79 Å². The number of hydrogen-bond donors (Lipinski definition) is 2. The van der Waals surface area contributed by atoms with Crippen LogP contribution in [0.2, 0.25) is 5.02 Å². The molecule has 1 atom stereocenters. The van der Waals surface area contributed by atoms with Crippen LogP contribution in [0, 0.1) is 6.92 Å². The van der Waals surface area contributed by atoms with E-state index in [1.165, 1.54) is 17.5 Å². The minimum absolute atomic E-state index is 0.0974. The number of rotatable bonds is 7. The summed E-state index contributed by atoms with van der Waals surface area (Å²) in [6.07, 6.45) is 2.72. The highest BCUT2D eigenvalue weighted by atomic mass is 35.5. The Hall–Kier alpha value is -2.29. The fourth-order valence-corrected chi connectivity index (χ4v) is 5.38. The fraction of sp³-hybridized carbons (Fsp3) is 0.409. The highest BCUT2D eigenvalue weighted by Crippen LogP contribution is 2.31. The Labute approximate surface area is 188 Å². The van der Waals surface area contributed by atoms with E-state index >= 15 is 0 Å². The molecule has 168 valence electrons. The predicted molar refractivity (Wildman–Crippen MR) is 124 cm³/mol. The van der Waals surface area contributed by atoms with Crippen LogP contribution in [-0.2, 0) is 14.8 Å². The summed E-state index contributed by atoms with van der Waals surface area (Å²) in [6, 6.07) is 9.52. The Kier molecular flexibility index (Phi) is 7.46. The molecule has 3 rings (SSSR count). The number of carbonyl (C=O) groups excluding carboxylic acids is 1. The summed E-state index contributed by atoms with van der Waals surface area (Å²) in [5, 5.41) is 6.50.